The van der Waals surface area contributed by atoms with E-state index in [1.165, 1.54) is 50.5 Å². The molecule has 6 atom stereocenters. The maximum atomic E-state index is 12.2. The molecule has 0 unspecified atom stereocenters. The van der Waals surface area contributed by atoms with Crippen LogP contribution < -0.4 is 0 Å². The third-order valence-electron chi connectivity index (χ3n) is 11.4. The van der Waals surface area contributed by atoms with Crippen molar-refractivity contribution in [1.82, 2.24) is 0 Å². The average molecular weight is 395 g/mol. The number of rotatable bonds is 0. The van der Waals surface area contributed by atoms with Crippen LogP contribution >= 0.6 is 0 Å². The van der Waals surface area contributed by atoms with Gasteiger partial charge in [0.25, 0.3) is 0 Å². The van der Waals surface area contributed by atoms with Crippen LogP contribution in [0, 0.1) is 38.9 Å². The molecule has 3 saturated carbocycles. The molecular weight excluding hydrogens is 352 g/mol. The second-order valence-electron chi connectivity index (χ2n) is 13.3. The Morgan fingerprint density at radius 3 is 2.34 bits per heavy atom. The van der Waals surface area contributed by atoms with E-state index in [9.17, 15) is 4.79 Å². The van der Waals surface area contributed by atoms with Gasteiger partial charge in [-0.2, -0.15) is 0 Å². The zero-order chi connectivity index (χ0) is 20.9. The zero-order valence-corrected chi connectivity index (χ0v) is 19.8. The fraction of sp³-hybridized carbons (Fsp3) is 0.821. The van der Waals surface area contributed by atoms with Crippen molar-refractivity contribution in [2.75, 3.05) is 0 Å². The lowest BCUT2D eigenvalue weighted by Crippen LogP contribution is -2.60. The molecular formula is C28H42O. The van der Waals surface area contributed by atoms with E-state index in [4.69, 9.17) is 0 Å². The van der Waals surface area contributed by atoms with Crippen LogP contribution in [-0.4, -0.2) is 5.78 Å². The molecule has 0 aliphatic heterocycles. The number of hydrogen-bond acceptors (Lipinski definition) is 1. The molecule has 0 amide bonds. The van der Waals surface area contributed by atoms with Crippen LogP contribution in [0.1, 0.15) is 106 Å². The van der Waals surface area contributed by atoms with Crippen molar-refractivity contribution in [3.63, 3.8) is 0 Å². The quantitative estimate of drug-likeness (QED) is 0.385. The van der Waals surface area contributed by atoms with Gasteiger partial charge in [-0.25, -0.2) is 0 Å². The molecule has 160 valence electrons. The molecule has 3 fully saturated rings. The Balaban J connectivity index is 1.59. The monoisotopic (exact) mass is 394 g/mol. The Kier molecular flexibility index (Phi) is 4.08. The largest absolute Gasteiger partial charge is 0.295 e. The van der Waals surface area contributed by atoms with E-state index in [1.54, 1.807) is 0 Å². The van der Waals surface area contributed by atoms with Crippen LogP contribution in [0.5, 0.6) is 0 Å². The summed E-state index contributed by atoms with van der Waals surface area (Å²) in [6.07, 6.45) is 17.2. The molecule has 0 spiro atoms. The lowest BCUT2D eigenvalue weighted by atomic mass is 9.36. The molecule has 0 radical (unpaired) electrons. The van der Waals surface area contributed by atoms with Crippen LogP contribution in [-0.2, 0) is 4.79 Å². The first-order chi connectivity index (χ1) is 13.4. The van der Waals surface area contributed by atoms with Crippen LogP contribution in [0.2, 0.25) is 0 Å². The van der Waals surface area contributed by atoms with Crippen molar-refractivity contribution in [3.05, 3.63) is 23.3 Å². The van der Waals surface area contributed by atoms with Gasteiger partial charge in [0.1, 0.15) is 0 Å². The molecule has 0 bridgehead atoms. The summed E-state index contributed by atoms with van der Waals surface area (Å²) in [4.78, 5) is 12.2. The number of ketones is 1. The third-order valence-corrected chi connectivity index (χ3v) is 11.4. The summed E-state index contributed by atoms with van der Waals surface area (Å²) in [7, 11) is 0. The Labute approximate surface area is 178 Å². The zero-order valence-electron chi connectivity index (χ0n) is 19.8. The first kappa shape index (κ1) is 20.1. The summed E-state index contributed by atoms with van der Waals surface area (Å²) in [5, 5.41) is 0. The molecule has 0 aromatic carbocycles. The fourth-order valence-electron chi connectivity index (χ4n) is 8.96. The van der Waals surface area contributed by atoms with E-state index in [2.05, 4.69) is 47.6 Å². The Morgan fingerprint density at radius 1 is 0.862 bits per heavy atom. The maximum Gasteiger partial charge on any atom is 0.155 e. The molecule has 0 saturated heterocycles. The predicted molar refractivity (Wildman–Crippen MR) is 121 cm³/mol. The van der Waals surface area contributed by atoms with Crippen LogP contribution in [0.3, 0.4) is 0 Å². The molecule has 29 heavy (non-hydrogen) atoms. The molecule has 1 heteroatoms. The van der Waals surface area contributed by atoms with Crippen molar-refractivity contribution in [3.8, 4) is 0 Å². The van der Waals surface area contributed by atoms with Crippen LogP contribution in [0.4, 0.5) is 0 Å². The number of fused-ring (bicyclic) bond motifs is 7. The highest BCUT2D eigenvalue weighted by molar-refractivity contribution is 5.91. The molecule has 0 aromatic heterocycles. The Morgan fingerprint density at radius 2 is 1.59 bits per heavy atom. The highest BCUT2D eigenvalue weighted by Crippen LogP contribution is 2.73. The summed E-state index contributed by atoms with van der Waals surface area (Å²) in [6, 6.07) is 0. The molecule has 0 N–H and O–H groups in total. The topological polar surface area (TPSA) is 17.1 Å². The summed E-state index contributed by atoms with van der Waals surface area (Å²) in [6.45, 7) is 15.4. The van der Waals surface area contributed by atoms with E-state index < -0.39 is 0 Å². The van der Waals surface area contributed by atoms with E-state index in [0.717, 1.165) is 25.2 Å². The van der Waals surface area contributed by atoms with Crippen molar-refractivity contribution in [2.45, 2.75) is 106 Å². The minimum absolute atomic E-state index is 0.235. The SMILES string of the molecule is CC1(C)CC[C@]2(C)CC[C@]3(C)C(=CC[C@@H]4[C@@]5(C)CCC(=O)C=C5CC[C@]43C)[C@@H]2C1. The Bertz CT molecular complexity index is 814. The lowest BCUT2D eigenvalue weighted by molar-refractivity contribution is -0.123. The van der Waals surface area contributed by atoms with Crippen molar-refractivity contribution < 1.29 is 4.79 Å². The van der Waals surface area contributed by atoms with Crippen LogP contribution in [0.25, 0.3) is 0 Å². The van der Waals surface area contributed by atoms with Crippen molar-refractivity contribution >= 4 is 5.78 Å². The van der Waals surface area contributed by atoms with Gasteiger partial charge in [0.2, 0.25) is 0 Å². The van der Waals surface area contributed by atoms with Gasteiger partial charge in [0.15, 0.2) is 5.78 Å². The van der Waals surface area contributed by atoms with E-state index in [0.29, 0.717) is 33.4 Å². The minimum atomic E-state index is 0.235. The number of hydrogen-bond donors (Lipinski definition) is 0. The van der Waals surface area contributed by atoms with E-state index >= 15 is 0 Å². The van der Waals surface area contributed by atoms with Crippen molar-refractivity contribution in [1.29, 1.82) is 0 Å². The van der Waals surface area contributed by atoms with Gasteiger partial charge in [-0.05, 0) is 103 Å². The molecule has 1 nitrogen and oxygen atoms in total. The normalized spacial score (nSPS) is 51.0. The van der Waals surface area contributed by atoms with Gasteiger partial charge in [-0.1, -0.05) is 58.8 Å². The summed E-state index contributed by atoms with van der Waals surface area (Å²) < 4.78 is 0. The maximum absolute atomic E-state index is 12.2. The fourth-order valence-corrected chi connectivity index (χ4v) is 8.96. The van der Waals surface area contributed by atoms with Gasteiger partial charge >= 0.3 is 0 Å². The van der Waals surface area contributed by atoms with Gasteiger partial charge in [-0.3, -0.25) is 4.79 Å². The average Bonchev–Trinajstić information content (AvgIpc) is 2.65. The third kappa shape index (κ3) is 2.54. The second kappa shape index (κ2) is 5.89. The minimum Gasteiger partial charge on any atom is -0.295 e. The van der Waals surface area contributed by atoms with Crippen LogP contribution in [0.15, 0.2) is 23.3 Å². The smallest absolute Gasteiger partial charge is 0.155 e. The number of carbonyl (C=O) groups is 1. The number of allylic oxidation sites excluding steroid dienone is 4. The molecule has 0 heterocycles. The summed E-state index contributed by atoms with van der Waals surface area (Å²) in [5.41, 5.74) is 5.27. The van der Waals surface area contributed by atoms with Gasteiger partial charge in [-0.15, -0.1) is 0 Å². The first-order valence-electron chi connectivity index (χ1n) is 12.4. The first-order valence-corrected chi connectivity index (χ1v) is 12.4. The summed E-state index contributed by atoms with van der Waals surface area (Å²) >= 11 is 0. The highest BCUT2D eigenvalue weighted by Gasteiger charge is 2.64. The van der Waals surface area contributed by atoms with Gasteiger partial charge in [0, 0.05) is 6.42 Å². The predicted octanol–water partition coefficient (Wildman–Crippen LogP) is 7.66. The highest BCUT2D eigenvalue weighted by atomic mass is 16.1. The van der Waals surface area contributed by atoms with E-state index in [1.807, 2.05) is 11.6 Å². The molecule has 0 aromatic rings. The van der Waals surface area contributed by atoms with Gasteiger partial charge in [0.05, 0.1) is 0 Å². The standard InChI is InChI=1S/C28H42O/c1-24(2)13-14-25(3)15-16-27(5)21(22(25)18-24)7-8-23-26(4)11-10-20(29)17-19(26)9-12-28(23,27)6/h7,17,22-23H,8-16,18H2,1-6H3/t22-,23+,25+,26-,27+,28+/m0/s1. The Hall–Kier alpha value is -0.850. The lowest BCUT2D eigenvalue weighted by Gasteiger charge is -2.68. The van der Waals surface area contributed by atoms with E-state index in [-0.39, 0.29) is 5.41 Å². The molecule has 5 aliphatic rings. The second-order valence-corrected chi connectivity index (χ2v) is 13.3. The molecule has 5 rings (SSSR count). The summed E-state index contributed by atoms with van der Waals surface area (Å²) in [5.74, 6) is 1.84. The van der Waals surface area contributed by atoms with Gasteiger partial charge < -0.3 is 0 Å². The number of carbonyl (C=O) groups excluding carboxylic acids is 1. The molecule has 5 aliphatic carbocycles. The van der Waals surface area contributed by atoms with Crippen molar-refractivity contribution in [2.24, 2.45) is 38.9 Å².